The summed E-state index contributed by atoms with van der Waals surface area (Å²) >= 11 is 0. The number of ketones is 1. The maximum absolute atomic E-state index is 12.5. The summed E-state index contributed by atoms with van der Waals surface area (Å²) in [4.78, 5) is 12.5. The van der Waals surface area contributed by atoms with E-state index in [-0.39, 0.29) is 16.9 Å². The van der Waals surface area contributed by atoms with E-state index in [1.807, 2.05) is 20.8 Å². The molecule has 0 aromatic heterocycles. The molecule has 0 aromatic carbocycles. The predicted octanol–water partition coefficient (Wildman–Crippen LogP) is 3.75. The van der Waals surface area contributed by atoms with E-state index in [9.17, 15) is 4.79 Å². The zero-order valence-corrected chi connectivity index (χ0v) is 11.9. The molecule has 0 radical (unpaired) electrons. The number of hydrogen-bond donors (Lipinski definition) is 0. The molecule has 0 fully saturated rings. The second-order valence-electron chi connectivity index (χ2n) is 6.44. The molecule has 0 aromatic rings. The minimum Gasteiger partial charge on any atom is -0.377 e. The van der Waals surface area contributed by atoms with Crippen LogP contribution in [-0.2, 0) is 9.53 Å². The van der Waals surface area contributed by atoms with Gasteiger partial charge >= 0.3 is 0 Å². The highest BCUT2D eigenvalue weighted by Gasteiger charge is 2.38. The van der Waals surface area contributed by atoms with Crippen LogP contribution in [0.1, 0.15) is 53.4 Å². The molecule has 0 unspecified atom stereocenters. The predicted molar refractivity (Wildman–Crippen MR) is 71.0 cm³/mol. The molecular formula is C15H26O2. The summed E-state index contributed by atoms with van der Waals surface area (Å²) in [5.74, 6) is 0.380. The van der Waals surface area contributed by atoms with Crippen molar-refractivity contribution in [3.63, 3.8) is 0 Å². The van der Waals surface area contributed by atoms with Crippen LogP contribution in [0.15, 0.2) is 12.2 Å². The van der Waals surface area contributed by atoms with Gasteiger partial charge in [-0.1, -0.05) is 39.8 Å². The molecule has 1 rings (SSSR count). The van der Waals surface area contributed by atoms with Crippen LogP contribution in [0.4, 0.5) is 0 Å². The van der Waals surface area contributed by atoms with Crippen molar-refractivity contribution in [1.29, 1.82) is 0 Å². The first kappa shape index (κ1) is 14.4. The Morgan fingerprint density at radius 3 is 2.59 bits per heavy atom. The number of carbonyl (C=O) groups is 1. The van der Waals surface area contributed by atoms with Gasteiger partial charge in [0.2, 0.25) is 0 Å². The highest BCUT2D eigenvalue weighted by molar-refractivity contribution is 5.89. The topological polar surface area (TPSA) is 26.3 Å². The number of allylic oxidation sites excluding steroid dienone is 1. The molecule has 0 amide bonds. The molecule has 1 aliphatic carbocycles. The highest BCUT2D eigenvalue weighted by Crippen LogP contribution is 2.38. The maximum atomic E-state index is 12.5. The third-order valence-corrected chi connectivity index (χ3v) is 3.67. The number of hydrogen-bond acceptors (Lipinski definition) is 2. The maximum Gasteiger partial charge on any atom is 0.144 e. The molecule has 0 aliphatic heterocycles. The van der Waals surface area contributed by atoms with Crippen molar-refractivity contribution in [3.05, 3.63) is 12.2 Å². The second-order valence-corrected chi connectivity index (χ2v) is 6.44. The summed E-state index contributed by atoms with van der Waals surface area (Å²) in [5.41, 5.74) is -0.449. The summed E-state index contributed by atoms with van der Waals surface area (Å²) in [6.45, 7) is 8.15. The van der Waals surface area contributed by atoms with Gasteiger partial charge in [0.15, 0.2) is 0 Å². The Morgan fingerprint density at radius 2 is 2.06 bits per heavy atom. The van der Waals surface area contributed by atoms with E-state index in [4.69, 9.17) is 4.74 Å². The van der Waals surface area contributed by atoms with E-state index < -0.39 is 0 Å². The SMILES string of the molecule is CO[C@@H]1/C=C/C[C@](C)(C(=O)C(C)(C)C)CCC1. The van der Waals surface area contributed by atoms with Gasteiger partial charge < -0.3 is 4.74 Å². The normalized spacial score (nSPS) is 32.6. The zero-order chi connectivity index (χ0) is 13.1. The summed E-state index contributed by atoms with van der Waals surface area (Å²) in [6, 6.07) is 0. The van der Waals surface area contributed by atoms with Crippen molar-refractivity contribution in [1.82, 2.24) is 0 Å². The smallest absolute Gasteiger partial charge is 0.144 e. The largest absolute Gasteiger partial charge is 0.377 e. The van der Waals surface area contributed by atoms with Gasteiger partial charge in [-0.3, -0.25) is 4.79 Å². The molecule has 1 aliphatic rings. The van der Waals surface area contributed by atoms with Crippen LogP contribution in [-0.4, -0.2) is 19.0 Å². The quantitative estimate of drug-likeness (QED) is 0.685. The first-order valence-corrected chi connectivity index (χ1v) is 6.54. The molecule has 0 spiro atoms. The van der Waals surface area contributed by atoms with E-state index in [0.29, 0.717) is 5.78 Å². The lowest BCUT2D eigenvalue weighted by molar-refractivity contribution is -0.136. The Balaban J connectivity index is 2.81. The van der Waals surface area contributed by atoms with E-state index in [1.54, 1.807) is 7.11 Å². The van der Waals surface area contributed by atoms with Crippen LogP contribution in [0.2, 0.25) is 0 Å². The van der Waals surface area contributed by atoms with E-state index in [0.717, 1.165) is 25.7 Å². The lowest BCUT2D eigenvalue weighted by Gasteiger charge is -2.34. The first-order chi connectivity index (χ1) is 7.79. The molecule has 98 valence electrons. The number of methoxy groups -OCH3 is 1. The molecule has 0 heterocycles. The fraction of sp³-hybridized carbons (Fsp3) is 0.800. The molecule has 0 saturated carbocycles. The van der Waals surface area contributed by atoms with Gasteiger partial charge in [0, 0.05) is 17.9 Å². The van der Waals surface area contributed by atoms with Gasteiger partial charge in [-0.15, -0.1) is 0 Å². The summed E-state index contributed by atoms with van der Waals surface area (Å²) in [7, 11) is 1.75. The number of Topliss-reactive ketones (excluding diaryl/α,β-unsaturated/α-hetero) is 1. The van der Waals surface area contributed by atoms with Crippen molar-refractivity contribution in [2.75, 3.05) is 7.11 Å². The fourth-order valence-electron chi connectivity index (χ4n) is 2.68. The van der Waals surface area contributed by atoms with Gasteiger partial charge in [-0.2, -0.15) is 0 Å². The van der Waals surface area contributed by atoms with Gasteiger partial charge in [-0.05, 0) is 25.7 Å². The molecule has 2 heteroatoms. The van der Waals surface area contributed by atoms with E-state index in [1.165, 1.54) is 0 Å². The number of carbonyl (C=O) groups excluding carboxylic acids is 1. The first-order valence-electron chi connectivity index (χ1n) is 6.54. The third-order valence-electron chi connectivity index (χ3n) is 3.67. The van der Waals surface area contributed by atoms with Crippen LogP contribution in [0.25, 0.3) is 0 Å². The van der Waals surface area contributed by atoms with Crippen LogP contribution in [0.5, 0.6) is 0 Å². The van der Waals surface area contributed by atoms with Crippen molar-refractivity contribution in [3.8, 4) is 0 Å². The van der Waals surface area contributed by atoms with E-state index >= 15 is 0 Å². The molecule has 0 saturated heterocycles. The van der Waals surface area contributed by atoms with Gasteiger partial charge in [0.05, 0.1) is 6.10 Å². The average molecular weight is 238 g/mol. The minimum atomic E-state index is -0.248. The fourth-order valence-corrected chi connectivity index (χ4v) is 2.68. The summed E-state index contributed by atoms with van der Waals surface area (Å²) in [5, 5.41) is 0. The Kier molecular flexibility index (Phi) is 4.54. The lowest BCUT2D eigenvalue weighted by Crippen LogP contribution is -2.37. The van der Waals surface area contributed by atoms with E-state index in [2.05, 4.69) is 19.1 Å². The second kappa shape index (κ2) is 5.34. The Morgan fingerprint density at radius 1 is 1.41 bits per heavy atom. The minimum absolute atomic E-state index is 0.201. The van der Waals surface area contributed by atoms with Crippen molar-refractivity contribution in [2.24, 2.45) is 10.8 Å². The lowest BCUT2D eigenvalue weighted by atomic mass is 9.68. The Labute approximate surface area is 105 Å². The molecule has 2 atom stereocenters. The third kappa shape index (κ3) is 3.67. The van der Waals surface area contributed by atoms with Crippen LogP contribution >= 0.6 is 0 Å². The molecule has 0 N–H and O–H groups in total. The monoisotopic (exact) mass is 238 g/mol. The van der Waals surface area contributed by atoms with Crippen LogP contribution < -0.4 is 0 Å². The van der Waals surface area contributed by atoms with Gasteiger partial charge in [0.25, 0.3) is 0 Å². The number of ether oxygens (including phenoxy) is 1. The summed E-state index contributed by atoms with van der Waals surface area (Å²) in [6.07, 6.45) is 8.33. The van der Waals surface area contributed by atoms with Crippen molar-refractivity contribution < 1.29 is 9.53 Å². The number of rotatable bonds is 2. The van der Waals surface area contributed by atoms with Crippen molar-refractivity contribution in [2.45, 2.75) is 59.5 Å². The molecule has 17 heavy (non-hydrogen) atoms. The Bertz CT molecular complexity index is 299. The molecule has 2 nitrogen and oxygen atoms in total. The standard InChI is InChI=1S/C15H26O2/c1-14(2,3)13(16)15(4)10-6-8-12(17-5)9-7-11-15/h6,8,12H,7,9-11H2,1-5H3/b8-6+/t12-,15+/m1/s1. The Hall–Kier alpha value is -0.630. The summed E-state index contributed by atoms with van der Waals surface area (Å²) < 4.78 is 5.35. The van der Waals surface area contributed by atoms with Crippen LogP contribution in [0.3, 0.4) is 0 Å². The van der Waals surface area contributed by atoms with Crippen molar-refractivity contribution >= 4 is 5.78 Å². The zero-order valence-electron chi connectivity index (χ0n) is 11.9. The highest BCUT2D eigenvalue weighted by atomic mass is 16.5. The van der Waals surface area contributed by atoms with Crippen LogP contribution in [0, 0.1) is 10.8 Å². The van der Waals surface area contributed by atoms with Gasteiger partial charge in [0.1, 0.15) is 5.78 Å². The molecule has 0 bridgehead atoms. The average Bonchev–Trinajstić information content (AvgIpc) is 2.21. The van der Waals surface area contributed by atoms with Gasteiger partial charge in [-0.25, -0.2) is 0 Å². The molecular weight excluding hydrogens is 212 g/mol.